The van der Waals surface area contributed by atoms with Gasteiger partial charge in [0, 0.05) is 31.5 Å². The minimum atomic E-state index is -0.103. The molecule has 1 fully saturated rings. The Kier molecular flexibility index (Phi) is 4.90. The van der Waals surface area contributed by atoms with Gasteiger partial charge in [-0.25, -0.2) is 0 Å². The average molecular weight is 294 g/mol. The number of ether oxygens (including phenoxy) is 2. The van der Waals surface area contributed by atoms with Gasteiger partial charge in [0.2, 0.25) is 0 Å². The number of nitrogens with zero attached hydrogens (tertiary/aromatic N) is 1. The zero-order valence-corrected chi connectivity index (χ0v) is 12.5. The predicted octanol–water partition coefficient (Wildman–Crippen LogP) is 1.13. The van der Waals surface area contributed by atoms with Gasteiger partial charge in [-0.1, -0.05) is 0 Å². The number of benzene rings is 1. The fraction of sp³-hybridized carbons (Fsp3) is 0.533. The largest absolute Gasteiger partial charge is 0.493 e. The van der Waals surface area contributed by atoms with E-state index in [0.717, 1.165) is 12.8 Å². The standard InChI is InChI=1S/C15H22N2O4/c1-20-13-7-11(12(16)8-14(13)21-2)15(19)17-5-3-10(9-17)4-6-18/h7-8,10,18H,3-6,9,16H2,1-2H3. The summed E-state index contributed by atoms with van der Waals surface area (Å²) in [6, 6.07) is 3.23. The van der Waals surface area contributed by atoms with Gasteiger partial charge in [-0.15, -0.1) is 0 Å². The lowest BCUT2D eigenvalue weighted by Gasteiger charge is -2.19. The zero-order chi connectivity index (χ0) is 15.4. The van der Waals surface area contributed by atoms with Crippen LogP contribution in [-0.4, -0.2) is 49.8 Å². The fourth-order valence-electron chi connectivity index (χ4n) is 2.69. The number of rotatable bonds is 5. The molecule has 1 aromatic rings. The van der Waals surface area contributed by atoms with Crippen molar-refractivity contribution in [3.8, 4) is 11.5 Å². The van der Waals surface area contributed by atoms with Crippen molar-refractivity contribution in [2.75, 3.05) is 39.6 Å². The van der Waals surface area contributed by atoms with E-state index < -0.39 is 0 Å². The van der Waals surface area contributed by atoms with Crippen LogP contribution in [0.25, 0.3) is 0 Å². The Balaban J connectivity index is 2.20. The summed E-state index contributed by atoms with van der Waals surface area (Å²) < 4.78 is 10.4. The third-order valence-electron chi connectivity index (χ3n) is 3.90. The molecule has 1 aliphatic rings. The molecule has 1 saturated heterocycles. The number of aliphatic hydroxyl groups excluding tert-OH is 1. The maximum Gasteiger partial charge on any atom is 0.256 e. The van der Waals surface area contributed by atoms with Gasteiger partial charge in [-0.2, -0.15) is 0 Å². The smallest absolute Gasteiger partial charge is 0.256 e. The molecular formula is C15H22N2O4. The molecule has 1 unspecified atom stereocenters. The minimum Gasteiger partial charge on any atom is -0.493 e. The van der Waals surface area contributed by atoms with E-state index in [9.17, 15) is 4.79 Å². The van der Waals surface area contributed by atoms with E-state index in [4.69, 9.17) is 20.3 Å². The normalized spacial score (nSPS) is 17.9. The number of nitrogens with two attached hydrogens (primary N) is 1. The molecule has 6 nitrogen and oxygen atoms in total. The molecule has 21 heavy (non-hydrogen) atoms. The maximum atomic E-state index is 12.6. The summed E-state index contributed by atoms with van der Waals surface area (Å²) >= 11 is 0. The van der Waals surface area contributed by atoms with Crippen LogP contribution < -0.4 is 15.2 Å². The first-order valence-electron chi connectivity index (χ1n) is 7.02. The molecule has 116 valence electrons. The third-order valence-corrected chi connectivity index (χ3v) is 3.90. The van der Waals surface area contributed by atoms with E-state index in [-0.39, 0.29) is 12.5 Å². The molecule has 0 radical (unpaired) electrons. The quantitative estimate of drug-likeness (QED) is 0.795. The van der Waals surface area contributed by atoms with Gasteiger partial charge in [-0.3, -0.25) is 4.79 Å². The number of carbonyl (C=O) groups is 1. The lowest BCUT2D eigenvalue weighted by Crippen LogP contribution is -2.29. The van der Waals surface area contributed by atoms with Crippen LogP contribution in [0.5, 0.6) is 11.5 Å². The predicted molar refractivity (Wildman–Crippen MR) is 79.7 cm³/mol. The number of likely N-dealkylation sites (tertiary alicyclic amines) is 1. The van der Waals surface area contributed by atoms with E-state index in [1.807, 2.05) is 0 Å². The van der Waals surface area contributed by atoms with Crippen molar-refractivity contribution in [1.29, 1.82) is 0 Å². The summed E-state index contributed by atoms with van der Waals surface area (Å²) in [5.41, 5.74) is 6.77. The highest BCUT2D eigenvalue weighted by Gasteiger charge is 2.28. The Morgan fingerprint density at radius 3 is 2.67 bits per heavy atom. The SMILES string of the molecule is COc1cc(N)c(C(=O)N2CCC(CCO)C2)cc1OC. The number of hydrogen-bond acceptors (Lipinski definition) is 5. The number of aliphatic hydroxyl groups is 1. The molecule has 6 heteroatoms. The van der Waals surface area contributed by atoms with E-state index in [2.05, 4.69) is 0 Å². The van der Waals surface area contributed by atoms with Crippen LogP contribution in [0, 0.1) is 5.92 Å². The highest BCUT2D eigenvalue weighted by atomic mass is 16.5. The van der Waals surface area contributed by atoms with Crippen molar-refractivity contribution in [2.24, 2.45) is 5.92 Å². The summed E-state index contributed by atoms with van der Waals surface area (Å²) in [4.78, 5) is 14.3. The molecular weight excluding hydrogens is 272 g/mol. The van der Waals surface area contributed by atoms with Gasteiger partial charge < -0.3 is 25.2 Å². The van der Waals surface area contributed by atoms with E-state index in [1.165, 1.54) is 14.2 Å². The molecule has 0 spiro atoms. The number of hydrogen-bond donors (Lipinski definition) is 2. The molecule has 0 saturated carbocycles. The van der Waals surface area contributed by atoms with Crippen molar-refractivity contribution in [1.82, 2.24) is 4.90 Å². The number of amides is 1. The molecule has 0 aliphatic carbocycles. The molecule has 0 bridgehead atoms. The molecule has 1 amide bonds. The van der Waals surface area contributed by atoms with Gasteiger partial charge in [0.15, 0.2) is 11.5 Å². The van der Waals surface area contributed by atoms with Gasteiger partial charge in [-0.05, 0) is 24.8 Å². The van der Waals surface area contributed by atoms with Crippen LogP contribution in [0.3, 0.4) is 0 Å². The molecule has 3 N–H and O–H groups in total. The van der Waals surface area contributed by atoms with E-state index in [1.54, 1.807) is 17.0 Å². The van der Waals surface area contributed by atoms with Crippen LogP contribution >= 0.6 is 0 Å². The average Bonchev–Trinajstić information content (AvgIpc) is 2.95. The van der Waals surface area contributed by atoms with Gasteiger partial charge in [0.25, 0.3) is 5.91 Å². The lowest BCUT2D eigenvalue weighted by molar-refractivity contribution is 0.0785. The van der Waals surface area contributed by atoms with Gasteiger partial charge in [0.1, 0.15) is 0 Å². The third kappa shape index (κ3) is 3.21. The number of methoxy groups -OCH3 is 2. The lowest BCUT2D eigenvalue weighted by atomic mass is 10.1. The molecule has 1 atom stereocenters. The minimum absolute atomic E-state index is 0.103. The van der Waals surface area contributed by atoms with Gasteiger partial charge >= 0.3 is 0 Å². The van der Waals surface area contributed by atoms with Crippen molar-refractivity contribution < 1.29 is 19.4 Å². The maximum absolute atomic E-state index is 12.6. The Labute approximate surface area is 124 Å². The van der Waals surface area contributed by atoms with Gasteiger partial charge in [0.05, 0.1) is 19.8 Å². The topological polar surface area (TPSA) is 85.0 Å². The Bertz CT molecular complexity index is 519. The molecule has 1 heterocycles. The van der Waals surface area contributed by atoms with Crippen LogP contribution in [0.2, 0.25) is 0 Å². The van der Waals surface area contributed by atoms with Crippen LogP contribution in [0.4, 0.5) is 5.69 Å². The Hall–Kier alpha value is -1.95. The Morgan fingerprint density at radius 2 is 2.05 bits per heavy atom. The second kappa shape index (κ2) is 6.67. The second-order valence-corrected chi connectivity index (χ2v) is 5.21. The van der Waals surface area contributed by atoms with E-state index in [0.29, 0.717) is 41.8 Å². The zero-order valence-electron chi connectivity index (χ0n) is 12.5. The molecule has 2 rings (SSSR count). The van der Waals surface area contributed by atoms with Crippen LogP contribution in [0.1, 0.15) is 23.2 Å². The summed E-state index contributed by atoms with van der Waals surface area (Å²) in [5.74, 6) is 1.25. The number of carbonyl (C=O) groups excluding carboxylic acids is 1. The van der Waals surface area contributed by atoms with E-state index >= 15 is 0 Å². The highest BCUT2D eigenvalue weighted by Crippen LogP contribution is 2.33. The first-order chi connectivity index (χ1) is 10.1. The number of nitrogen functional groups attached to an aromatic ring is 1. The summed E-state index contributed by atoms with van der Waals surface area (Å²) in [5, 5.41) is 8.98. The van der Waals surface area contributed by atoms with Crippen molar-refractivity contribution in [2.45, 2.75) is 12.8 Å². The van der Waals surface area contributed by atoms with Crippen molar-refractivity contribution in [3.05, 3.63) is 17.7 Å². The summed E-state index contributed by atoms with van der Waals surface area (Å²) in [6.07, 6.45) is 1.64. The summed E-state index contributed by atoms with van der Waals surface area (Å²) in [6.45, 7) is 1.51. The first kappa shape index (κ1) is 15.4. The Morgan fingerprint density at radius 1 is 1.38 bits per heavy atom. The van der Waals surface area contributed by atoms with Crippen LogP contribution in [-0.2, 0) is 0 Å². The molecule has 0 aromatic heterocycles. The fourth-order valence-corrected chi connectivity index (χ4v) is 2.69. The highest BCUT2D eigenvalue weighted by molar-refractivity contribution is 6.00. The number of anilines is 1. The van der Waals surface area contributed by atoms with Crippen molar-refractivity contribution in [3.63, 3.8) is 0 Å². The second-order valence-electron chi connectivity index (χ2n) is 5.21. The van der Waals surface area contributed by atoms with Crippen LogP contribution in [0.15, 0.2) is 12.1 Å². The monoisotopic (exact) mass is 294 g/mol. The first-order valence-corrected chi connectivity index (χ1v) is 7.02. The molecule has 1 aliphatic heterocycles. The summed E-state index contributed by atoms with van der Waals surface area (Å²) in [7, 11) is 3.05. The molecule has 1 aromatic carbocycles. The van der Waals surface area contributed by atoms with Crippen molar-refractivity contribution >= 4 is 11.6 Å².